The van der Waals surface area contributed by atoms with Gasteiger partial charge in [-0.15, -0.1) is 0 Å². The quantitative estimate of drug-likeness (QED) is 0.651. The van der Waals surface area contributed by atoms with E-state index in [4.69, 9.17) is 4.74 Å². The Morgan fingerprint density at radius 3 is 2.04 bits per heavy atom. The Balaban J connectivity index is 1.63. The number of nitrogens with zero attached hydrogens (tertiary/aromatic N) is 3. The number of hydrogen-bond donors (Lipinski definition) is 0. The van der Waals surface area contributed by atoms with Gasteiger partial charge in [0.25, 0.3) is 0 Å². The standard InChI is InChI=1S/C20H37N3O3/c1-16(2)19(24)14-22-11-9-21(10-12-22)13-18-5-7-23(8-6-18)20(25)15-26-17(3)4/h16-18H,5-15H2,1-4H3. The summed E-state index contributed by atoms with van der Waals surface area (Å²) in [6.07, 6.45) is 2.27. The second kappa shape index (κ2) is 10.4. The molecule has 26 heavy (non-hydrogen) atoms. The Bertz CT molecular complexity index is 451. The van der Waals surface area contributed by atoms with Gasteiger partial charge < -0.3 is 14.5 Å². The second-order valence-corrected chi connectivity index (χ2v) is 8.38. The van der Waals surface area contributed by atoms with Crippen molar-refractivity contribution in [3.63, 3.8) is 0 Å². The molecule has 0 spiro atoms. The van der Waals surface area contributed by atoms with E-state index in [1.807, 2.05) is 32.6 Å². The number of hydrogen-bond acceptors (Lipinski definition) is 5. The first-order valence-corrected chi connectivity index (χ1v) is 10.2. The molecule has 0 aromatic heterocycles. The van der Waals surface area contributed by atoms with Gasteiger partial charge in [0, 0.05) is 51.7 Å². The maximum absolute atomic E-state index is 12.1. The molecule has 2 rings (SSSR count). The molecule has 150 valence electrons. The molecule has 0 atom stereocenters. The summed E-state index contributed by atoms with van der Waals surface area (Å²) in [6, 6.07) is 0. The first-order chi connectivity index (χ1) is 12.3. The van der Waals surface area contributed by atoms with Gasteiger partial charge in [0.2, 0.25) is 5.91 Å². The molecule has 0 aromatic carbocycles. The van der Waals surface area contributed by atoms with E-state index in [-0.39, 0.29) is 24.5 Å². The molecule has 2 fully saturated rings. The van der Waals surface area contributed by atoms with Crippen LogP contribution >= 0.6 is 0 Å². The van der Waals surface area contributed by atoms with Crippen LogP contribution in [0.3, 0.4) is 0 Å². The van der Waals surface area contributed by atoms with Gasteiger partial charge in [-0.2, -0.15) is 0 Å². The zero-order valence-electron chi connectivity index (χ0n) is 17.1. The summed E-state index contributed by atoms with van der Waals surface area (Å²) >= 11 is 0. The molecule has 2 aliphatic rings. The van der Waals surface area contributed by atoms with Crippen molar-refractivity contribution in [1.82, 2.24) is 14.7 Å². The highest BCUT2D eigenvalue weighted by molar-refractivity contribution is 5.82. The van der Waals surface area contributed by atoms with Gasteiger partial charge in [0.05, 0.1) is 12.6 Å². The van der Waals surface area contributed by atoms with E-state index in [0.717, 1.165) is 58.7 Å². The molecule has 2 aliphatic heterocycles. The summed E-state index contributed by atoms with van der Waals surface area (Å²) < 4.78 is 5.43. The Morgan fingerprint density at radius 1 is 0.923 bits per heavy atom. The van der Waals surface area contributed by atoms with E-state index < -0.39 is 0 Å². The summed E-state index contributed by atoms with van der Waals surface area (Å²) in [5, 5.41) is 0. The first kappa shape index (κ1) is 21.3. The highest BCUT2D eigenvalue weighted by Crippen LogP contribution is 2.19. The molecule has 0 N–H and O–H groups in total. The van der Waals surface area contributed by atoms with Crippen molar-refractivity contribution in [2.45, 2.75) is 46.6 Å². The lowest BCUT2D eigenvalue weighted by Gasteiger charge is -2.38. The van der Waals surface area contributed by atoms with Crippen LogP contribution in [0.15, 0.2) is 0 Å². The smallest absolute Gasteiger partial charge is 0.248 e. The molecular formula is C20H37N3O3. The number of rotatable bonds is 8. The molecule has 0 unspecified atom stereocenters. The largest absolute Gasteiger partial charge is 0.369 e. The van der Waals surface area contributed by atoms with Gasteiger partial charge in [-0.1, -0.05) is 13.8 Å². The summed E-state index contributed by atoms with van der Waals surface area (Å²) in [6.45, 7) is 15.6. The molecule has 6 heteroatoms. The lowest BCUT2D eigenvalue weighted by Crippen LogP contribution is -2.50. The number of carbonyl (C=O) groups is 2. The zero-order valence-corrected chi connectivity index (χ0v) is 17.1. The minimum absolute atomic E-state index is 0.103. The predicted octanol–water partition coefficient (Wildman–Crippen LogP) is 1.49. The van der Waals surface area contributed by atoms with E-state index in [1.54, 1.807) is 0 Å². The highest BCUT2D eigenvalue weighted by atomic mass is 16.5. The van der Waals surface area contributed by atoms with E-state index in [2.05, 4.69) is 9.80 Å². The molecule has 0 radical (unpaired) electrons. The van der Waals surface area contributed by atoms with Crippen molar-refractivity contribution in [3.05, 3.63) is 0 Å². The zero-order chi connectivity index (χ0) is 19.1. The molecule has 0 bridgehead atoms. The van der Waals surface area contributed by atoms with Gasteiger partial charge in [-0.3, -0.25) is 14.5 Å². The Morgan fingerprint density at radius 2 is 1.50 bits per heavy atom. The topological polar surface area (TPSA) is 53.1 Å². The normalized spacial score (nSPS) is 20.9. The average molecular weight is 368 g/mol. The lowest BCUT2D eigenvalue weighted by molar-refractivity contribution is -0.139. The molecule has 1 amide bonds. The minimum Gasteiger partial charge on any atom is -0.369 e. The van der Waals surface area contributed by atoms with E-state index >= 15 is 0 Å². The van der Waals surface area contributed by atoms with Crippen LogP contribution in [0.2, 0.25) is 0 Å². The maximum atomic E-state index is 12.1. The third kappa shape index (κ3) is 6.97. The molecule has 0 aromatic rings. The van der Waals surface area contributed by atoms with Crippen molar-refractivity contribution < 1.29 is 14.3 Å². The number of ketones is 1. The fraction of sp³-hybridized carbons (Fsp3) is 0.900. The third-order valence-corrected chi connectivity index (χ3v) is 5.51. The fourth-order valence-corrected chi connectivity index (χ4v) is 3.59. The number of carbonyl (C=O) groups excluding carboxylic acids is 2. The van der Waals surface area contributed by atoms with Crippen LogP contribution in [0, 0.1) is 11.8 Å². The predicted molar refractivity (Wildman–Crippen MR) is 103 cm³/mol. The fourth-order valence-electron chi connectivity index (χ4n) is 3.59. The second-order valence-electron chi connectivity index (χ2n) is 8.38. The van der Waals surface area contributed by atoms with Crippen molar-refractivity contribution in [1.29, 1.82) is 0 Å². The number of ether oxygens (including phenoxy) is 1. The highest BCUT2D eigenvalue weighted by Gasteiger charge is 2.26. The number of piperidine rings is 1. The molecule has 2 saturated heterocycles. The van der Waals surface area contributed by atoms with E-state index in [1.165, 1.54) is 0 Å². The summed E-state index contributed by atoms with van der Waals surface area (Å²) in [7, 11) is 0. The van der Waals surface area contributed by atoms with Crippen molar-refractivity contribution >= 4 is 11.7 Å². The SMILES string of the molecule is CC(C)OCC(=O)N1CCC(CN2CCN(CC(=O)C(C)C)CC2)CC1. The number of amides is 1. The number of Topliss-reactive ketones (excluding diaryl/α,β-unsaturated/α-hetero) is 1. The van der Waals surface area contributed by atoms with E-state index in [9.17, 15) is 9.59 Å². The molecule has 0 aliphatic carbocycles. The van der Waals surface area contributed by atoms with Gasteiger partial charge >= 0.3 is 0 Å². The third-order valence-electron chi connectivity index (χ3n) is 5.51. The molecule has 0 saturated carbocycles. The number of likely N-dealkylation sites (tertiary alicyclic amines) is 1. The monoisotopic (exact) mass is 367 g/mol. The lowest BCUT2D eigenvalue weighted by atomic mass is 9.96. The van der Waals surface area contributed by atoms with Crippen LogP contribution in [0.4, 0.5) is 0 Å². The number of piperazine rings is 1. The van der Waals surface area contributed by atoms with Crippen molar-refractivity contribution in [3.8, 4) is 0 Å². The summed E-state index contributed by atoms with van der Waals surface area (Å²) in [5.41, 5.74) is 0. The minimum atomic E-state index is 0.103. The Hall–Kier alpha value is -0.980. The molecular weight excluding hydrogens is 330 g/mol. The van der Waals surface area contributed by atoms with Gasteiger partial charge in [0.1, 0.15) is 12.4 Å². The molecule has 6 nitrogen and oxygen atoms in total. The Labute approximate surface area is 158 Å². The van der Waals surface area contributed by atoms with Crippen molar-refractivity contribution in [2.24, 2.45) is 11.8 Å². The van der Waals surface area contributed by atoms with Crippen molar-refractivity contribution in [2.75, 3.05) is 59.0 Å². The van der Waals surface area contributed by atoms with Gasteiger partial charge in [0.15, 0.2) is 0 Å². The van der Waals surface area contributed by atoms with Crippen LogP contribution < -0.4 is 0 Å². The van der Waals surface area contributed by atoms with E-state index in [0.29, 0.717) is 18.2 Å². The van der Waals surface area contributed by atoms with Gasteiger partial charge in [-0.25, -0.2) is 0 Å². The van der Waals surface area contributed by atoms with Crippen LogP contribution in [0.25, 0.3) is 0 Å². The average Bonchev–Trinajstić information content (AvgIpc) is 2.61. The van der Waals surface area contributed by atoms with Crippen LogP contribution in [-0.4, -0.2) is 91.5 Å². The van der Waals surface area contributed by atoms with Crippen LogP contribution in [0.5, 0.6) is 0 Å². The maximum Gasteiger partial charge on any atom is 0.248 e. The van der Waals surface area contributed by atoms with Crippen LogP contribution in [-0.2, 0) is 14.3 Å². The molecule has 2 heterocycles. The first-order valence-electron chi connectivity index (χ1n) is 10.2. The summed E-state index contributed by atoms with van der Waals surface area (Å²) in [5.74, 6) is 1.28. The summed E-state index contributed by atoms with van der Waals surface area (Å²) in [4.78, 5) is 30.8. The van der Waals surface area contributed by atoms with Gasteiger partial charge in [-0.05, 0) is 32.6 Å². The Kier molecular flexibility index (Phi) is 8.51. The van der Waals surface area contributed by atoms with Crippen LogP contribution in [0.1, 0.15) is 40.5 Å².